The van der Waals surface area contributed by atoms with Gasteiger partial charge in [0.25, 0.3) is 0 Å². The van der Waals surface area contributed by atoms with E-state index in [1.54, 1.807) is 23.3 Å². The van der Waals surface area contributed by atoms with Crippen molar-refractivity contribution >= 4 is 5.95 Å². The lowest BCUT2D eigenvalue weighted by Gasteiger charge is -2.35. The molecule has 112 valence electrons. The van der Waals surface area contributed by atoms with Crippen molar-refractivity contribution in [2.24, 2.45) is 0 Å². The summed E-state index contributed by atoms with van der Waals surface area (Å²) in [6.07, 6.45) is 6.73. The molecule has 0 aromatic carbocycles. The molecule has 1 atom stereocenters. The molecule has 1 aliphatic rings. The number of nitrogens with zero attached hydrogens (tertiary/aromatic N) is 6. The largest absolute Gasteiger partial charge is 0.390 e. The summed E-state index contributed by atoms with van der Waals surface area (Å²) in [7, 11) is 0. The van der Waals surface area contributed by atoms with Crippen LogP contribution >= 0.6 is 0 Å². The average Bonchev–Trinajstić information content (AvgIpc) is 3.02. The van der Waals surface area contributed by atoms with Gasteiger partial charge in [0.2, 0.25) is 5.95 Å². The van der Waals surface area contributed by atoms with Crippen LogP contribution in [0.1, 0.15) is 0 Å². The molecule has 7 heteroatoms. The van der Waals surface area contributed by atoms with Gasteiger partial charge in [0.05, 0.1) is 12.6 Å². The van der Waals surface area contributed by atoms with Crippen LogP contribution in [0.5, 0.6) is 0 Å². The number of aliphatic hydroxyl groups excluding tert-OH is 1. The Balaban J connectivity index is 1.45. The van der Waals surface area contributed by atoms with Gasteiger partial charge in [-0.05, 0) is 12.1 Å². The van der Waals surface area contributed by atoms with E-state index >= 15 is 0 Å². The molecule has 0 radical (unpaired) electrons. The third kappa shape index (κ3) is 3.77. The molecule has 0 bridgehead atoms. The summed E-state index contributed by atoms with van der Waals surface area (Å²) in [6.45, 7) is 4.80. The van der Waals surface area contributed by atoms with Crippen molar-refractivity contribution in [1.82, 2.24) is 24.6 Å². The van der Waals surface area contributed by atoms with Gasteiger partial charge in [-0.25, -0.2) is 9.97 Å². The van der Waals surface area contributed by atoms with Crippen LogP contribution in [0.4, 0.5) is 5.95 Å². The van der Waals surface area contributed by atoms with Gasteiger partial charge in [-0.15, -0.1) is 0 Å². The number of hydrogen-bond acceptors (Lipinski definition) is 6. The fraction of sp³-hybridized carbons (Fsp3) is 0.500. The number of aliphatic hydroxyl groups is 1. The van der Waals surface area contributed by atoms with E-state index in [-0.39, 0.29) is 0 Å². The number of hydrogen-bond donors (Lipinski definition) is 1. The molecule has 0 spiro atoms. The molecule has 0 saturated carbocycles. The first kappa shape index (κ1) is 14.0. The highest BCUT2D eigenvalue weighted by atomic mass is 16.3. The molecule has 1 fully saturated rings. The van der Waals surface area contributed by atoms with Crippen molar-refractivity contribution in [3.8, 4) is 0 Å². The maximum atomic E-state index is 10.1. The van der Waals surface area contributed by atoms with Crippen LogP contribution in [-0.2, 0) is 6.54 Å². The Morgan fingerprint density at radius 2 is 1.76 bits per heavy atom. The van der Waals surface area contributed by atoms with Crippen LogP contribution in [0.3, 0.4) is 0 Å². The van der Waals surface area contributed by atoms with Crippen LogP contribution in [0.15, 0.2) is 36.9 Å². The van der Waals surface area contributed by atoms with Crippen molar-refractivity contribution in [3.63, 3.8) is 0 Å². The molecule has 7 nitrogen and oxygen atoms in total. The zero-order valence-corrected chi connectivity index (χ0v) is 11.9. The van der Waals surface area contributed by atoms with Gasteiger partial charge in [-0.1, -0.05) is 0 Å². The van der Waals surface area contributed by atoms with Crippen molar-refractivity contribution in [3.05, 3.63) is 36.9 Å². The molecule has 3 rings (SSSR count). The minimum atomic E-state index is -0.399. The summed E-state index contributed by atoms with van der Waals surface area (Å²) in [5, 5.41) is 14.2. The molecule has 2 aromatic rings. The van der Waals surface area contributed by atoms with Crippen LogP contribution < -0.4 is 4.90 Å². The molecule has 0 aliphatic carbocycles. The van der Waals surface area contributed by atoms with Crippen molar-refractivity contribution in [2.75, 3.05) is 37.6 Å². The van der Waals surface area contributed by atoms with E-state index in [1.165, 1.54) is 0 Å². The Morgan fingerprint density at radius 3 is 2.43 bits per heavy atom. The molecule has 1 unspecified atom stereocenters. The van der Waals surface area contributed by atoms with E-state index in [4.69, 9.17) is 0 Å². The highest BCUT2D eigenvalue weighted by Gasteiger charge is 2.20. The highest BCUT2D eigenvalue weighted by molar-refractivity contribution is 5.29. The Hall–Kier alpha value is -1.99. The second kappa shape index (κ2) is 6.64. The zero-order valence-electron chi connectivity index (χ0n) is 11.9. The quantitative estimate of drug-likeness (QED) is 0.825. The summed E-state index contributed by atoms with van der Waals surface area (Å²) in [4.78, 5) is 13.0. The summed E-state index contributed by atoms with van der Waals surface area (Å²) in [5.41, 5.74) is 0. The lowest BCUT2D eigenvalue weighted by Crippen LogP contribution is -2.49. The van der Waals surface area contributed by atoms with Crippen molar-refractivity contribution in [2.45, 2.75) is 12.6 Å². The third-order valence-electron chi connectivity index (χ3n) is 3.63. The Morgan fingerprint density at radius 1 is 1.00 bits per heavy atom. The fourth-order valence-corrected chi connectivity index (χ4v) is 2.57. The van der Waals surface area contributed by atoms with Gasteiger partial charge in [0, 0.05) is 57.5 Å². The number of β-amino-alcohol motifs (C(OH)–C–C–N with tert-alkyl or cyclic N) is 1. The van der Waals surface area contributed by atoms with E-state index in [2.05, 4.69) is 24.9 Å². The lowest BCUT2D eigenvalue weighted by molar-refractivity contribution is 0.0919. The summed E-state index contributed by atoms with van der Waals surface area (Å²) in [5.74, 6) is 0.786. The summed E-state index contributed by atoms with van der Waals surface area (Å²) >= 11 is 0. The van der Waals surface area contributed by atoms with Crippen LogP contribution in [0.25, 0.3) is 0 Å². The van der Waals surface area contributed by atoms with E-state index < -0.39 is 6.10 Å². The molecular weight excluding hydrogens is 268 g/mol. The van der Waals surface area contributed by atoms with E-state index in [0.29, 0.717) is 13.1 Å². The van der Waals surface area contributed by atoms with Crippen LogP contribution in [0, 0.1) is 0 Å². The monoisotopic (exact) mass is 288 g/mol. The van der Waals surface area contributed by atoms with Crippen LogP contribution in [-0.4, -0.2) is 68.6 Å². The smallest absolute Gasteiger partial charge is 0.225 e. The van der Waals surface area contributed by atoms with Crippen molar-refractivity contribution < 1.29 is 5.11 Å². The SMILES string of the molecule is OC(CN1CCN(c2ncccn2)CC1)Cn1cccn1. The number of aromatic nitrogens is 4. The normalized spacial score (nSPS) is 17.9. The average molecular weight is 288 g/mol. The second-order valence-corrected chi connectivity index (χ2v) is 5.22. The maximum absolute atomic E-state index is 10.1. The van der Waals surface area contributed by atoms with Crippen molar-refractivity contribution in [1.29, 1.82) is 0 Å². The zero-order chi connectivity index (χ0) is 14.5. The second-order valence-electron chi connectivity index (χ2n) is 5.22. The standard InChI is InChI=1S/C14H20N6O/c21-13(12-20-6-2-5-17-20)11-18-7-9-19(10-8-18)14-15-3-1-4-16-14/h1-6,13,21H,7-12H2. The Labute approximate surface area is 123 Å². The van der Waals surface area contributed by atoms with Gasteiger partial charge in [0.1, 0.15) is 0 Å². The lowest BCUT2D eigenvalue weighted by atomic mass is 10.2. The predicted octanol–water partition coefficient (Wildman–Crippen LogP) is -0.144. The summed E-state index contributed by atoms with van der Waals surface area (Å²) in [6, 6.07) is 3.69. The van der Waals surface area contributed by atoms with Gasteiger partial charge in [-0.2, -0.15) is 5.10 Å². The highest BCUT2D eigenvalue weighted by Crippen LogP contribution is 2.10. The molecule has 3 heterocycles. The molecule has 21 heavy (non-hydrogen) atoms. The van der Waals surface area contributed by atoms with E-state index in [1.807, 2.05) is 18.3 Å². The fourth-order valence-electron chi connectivity index (χ4n) is 2.57. The first-order valence-corrected chi connectivity index (χ1v) is 7.21. The minimum absolute atomic E-state index is 0.399. The third-order valence-corrected chi connectivity index (χ3v) is 3.63. The number of anilines is 1. The van der Waals surface area contributed by atoms with E-state index in [0.717, 1.165) is 32.1 Å². The number of piperazine rings is 1. The Bertz CT molecular complexity index is 524. The first-order valence-electron chi connectivity index (χ1n) is 7.21. The molecular formula is C14H20N6O. The van der Waals surface area contributed by atoms with Crippen LogP contribution in [0.2, 0.25) is 0 Å². The number of rotatable bonds is 5. The Kier molecular flexibility index (Phi) is 4.42. The topological polar surface area (TPSA) is 70.3 Å². The van der Waals surface area contributed by atoms with Gasteiger partial charge in [0.15, 0.2) is 0 Å². The minimum Gasteiger partial charge on any atom is -0.390 e. The van der Waals surface area contributed by atoms with Gasteiger partial charge in [-0.3, -0.25) is 9.58 Å². The molecule has 0 amide bonds. The molecule has 1 aliphatic heterocycles. The van der Waals surface area contributed by atoms with Gasteiger partial charge < -0.3 is 10.0 Å². The molecule has 1 saturated heterocycles. The molecule has 2 aromatic heterocycles. The summed E-state index contributed by atoms with van der Waals surface area (Å²) < 4.78 is 1.76. The van der Waals surface area contributed by atoms with Gasteiger partial charge >= 0.3 is 0 Å². The maximum Gasteiger partial charge on any atom is 0.225 e. The van der Waals surface area contributed by atoms with E-state index in [9.17, 15) is 5.11 Å². The predicted molar refractivity (Wildman–Crippen MR) is 78.9 cm³/mol. The first-order chi connectivity index (χ1) is 10.3. The molecule has 1 N–H and O–H groups in total.